The minimum absolute atomic E-state index is 0.0305. The third-order valence-corrected chi connectivity index (χ3v) is 10.5. The van der Waals surface area contributed by atoms with Gasteiger partial charge in [-0.25, -0.2) is 4.79 Å². The predicted octanol–water partition coefficient (Wildman–Crippen LogP) is -1.33. The molecule has 61 heavy (non-hydrogen) atoms. The number of aromatic hydroxyl groups is 1. The fourth-order valence-electron chi connectivity index (χ4n) is 6.68. The Hall–Kier alpha value is -5.73. The van der Waals surface area contributed by atoms with Crippen LogP contribution in [0.5, 0.6) is 5.75 Å². The van der Waals surface area contributed by atoms with Crippen LogP contribution in [0.15, 0.2) is 54.6 Å². The van der Waals surface area contributed by atoms with Crippen molar-refractivity contribution < 1.29 is 53.7 Å². The lowest BCUT2D eigenvalue weighted by Gasteiger charge is -2.31. The van der Waals surface area contributed by atoms with Crippen molar-refractivity contribution in [3.05, 3.63) is 65.7 Å². The molecule has 1 aliphatic heterocycles. The summed E-state index contributed by atoms with van der Waals surface area (Å²) in [5.74, 6) is -6.60. The van der Waals surface area contributed by atoms with Gasteiger partial charge in [-0.15, -0.1) is 0 Å². The highest BCUT2D eigenvalue weighted by Crippen LogP contribution is 2.21. The molecule has 0 unspecified atom stereocenters. The van der Waals surface area contributed by atoms with Crippen molar-refractivity contribution in [2.45, 2.75) is 101 Å². The molecule has 1 saturated heterocycles. The summed E-state index contributed by atoms with van der Waals surface area (Å²) in [6.07, 6.45) is 1.93. The number of benzene rings is 2. The molecule has 19 nitrogen and oxygen atoms in total. The Balaban J connectivity index is 1.94. The summed E-state index contributed by atoms with van der Waals surface area (Å²) in [4.78, 5) is 107. The first-order valence-electron chi connectivity index (χ1n) is 19.9. The summed E-state index contributed by atoms with van der Waals surface area (Å²) in [5.41, 5.74) is 12.0. The third-order valence-electron chi connectivity index (χ3n) is 9.88. The Morgan fingerprint density at radius 1 is 0.770 bits per heavy atom. The SMILES string of the molecule is CSCC[C@H](NC(=O)[C@H](Cc1ccc(O)cc1)NC(=O)[C@H](Cc1ccccc1)NC(=O)[C@H](CC(N)=O)NC(=O)[C@@H](N)CO)C(=O)N1CCC[C@H]1C(=O)N[C@@H](CC(C)C)C(=O)O. The van der Waals surface area contributed by atoms with Gasteiger partial charge in [0.15, 0.2) is 0 Å². The van der Waals surface area contributed by atoms with Gasteiger partial charge in [0.05, 0.1) is 13.0 Å². The number of carboxylic acids is 1. The fourth-order valence-corrected chi connectivity index (χ4v) is 7.15. The van der Waals surface area contributed by atoms with Crippen LogP contribution in [-0.4, -0.2) is 135 Å². The molecule has 1 fully saturated rings. The van der Waals surface area contributed by atoms with E-state index in [1.807, 2.05) is 20.1 Å². The Bertz CT molecular complexity index is 1840. The second-order valence-corrected chi connectivity index (χ2v) is 16.3. The molecule has 334 valence electrons. The van der Waals surface area contributed by atoms with Crippen LogP contribution in [0.1, 0.15) is 57.1 Å². The monoisotopic (exact) mass is 870 g/mol. The number of likely N-dealkylation sites (tertiary alicyclic amines) is 1. The van der Waals surface area contributed by atoms with Crippen LogP contribution >= 0.6 is 11.8 Å². The molecule has 0 aromatic heterocycles. The number of primary amides is 1. The van der Waals surface area contributed by atoms with Gasteiger partial charge in [-0.3, -0.25) is 33.6 Å². The molecule has 2 aromatic rings. The van der Waals surface area contributed by atoms with Crippen molar-refractivity contribution in [3.8, 4) is 5.75 Å². The van der Waals surface area contributed by atoms with E-state index in [-0.39, 0.29) is 50.3 Å². The molecule has 0 bridgehead atoms. The van der Waals surface area contributed by atoms with Gasteiger partial charge in [0, 0.05) is 19.4 Å². The number of aliphatic carboxylic acids is 1. The van der Waals surface area contributed by atoms with E-state index in [2.05, 4.69) is 26.6 Å². The van der Waals surface area contributed by atoms with Gasteiger partial charge in [-0.2, -0.15) is 11.8 Å². The van der Waals surface area contributed by atoms with Gasteiger partial charge in [0.1, 0.15) is 48.0 Å². The van der Waals surface area contributed by atoms with Crippen LogP contribution in [-0.2, 0) is 51.2 Å². The third kappa shape index (κ3) is 16.0. The molecule has 0 aliphatic carbocycles. The van der Waals surface area contributed by atoms with Gasteiger partial charge >= 0.3 is 5.97 Å². The molecule has 0 saturated carbocycles. The highest BCUT2D eigenvalue weighted by Gasteiger charge is 2.40. The number of phenols is 1. The van der Waals surface area contributed by atoms with E-state index in [0.717, 1.165) is 0 Å². The summed E-state index contributed by atoms with van der Waals surface area (Å²) >= 11 is 1.41. The molecule has 12 N–H and O–H groups in total. The van der Waals surface area contributed by atoms with Crippen LogP contribution in [0.4, 0.5) is 0 Å². The number of nitrogens with zero attached hydrogens (tertiary/aromatic N) is 1. The maximum absolute atomic E-state index is 14.3. The topological polar surface area (TPSA) is 313 Å². The van der Waals surface area contributed by atoms with E-state index in [4.69, 9.17) is 11.5 Å². The van der Waals surface area contributed by atoms with Gasteiger partial charge in [-0.05, 0) is 66.9 Å². The number of rotatable bonds is 24. The summed E-state index contributed by atoms with van der Waals surface area (Å²) in [6.45, 7) is 3.07. The highest BCUT2D eigenvalue weighted by atomic mass is 32.2. The average molecular weight is 871 g/mol. The molecule has 3 rings (SSSR count). The van der Waals surface area contributed by atoms with E-state index < -0.39 is 103 Å². The lowest BCUT2D eigenvalue weighted by Crippen LogP contribution is -2.60. The number of hydrogen-bond donors (Lipinski definition) is 10. The molecule has 7 amide bonds. The number of aliphatic hydroxyl groups is 1. The van der Waals surface area contributed by atoms with Crippen LogP contribution in [0.3, 0.4) is 0 Å². The van der Waals surface area contributed by atoms with Crippen LogP contribution in [0.25, 0.3) is 0 Å². The Morgan fingerprint density at radius 2 is 1.31 bits per heavy atom. The number of phenolic OH excluding ortho intramolecular Hbond substituents is 1. The number of carbonyl (C=O) groups excluding carboxylic acids is 7. The van der Waals surface area contributed by atoms with Gasteiger partial charge in [-0.1, -0.05) is 56.3 Å². The molecule has 0 radical (unpaired) electrons. The van der Waals surface area contributed by atoms with Crippen LogP contribution in [0, 0.1) is 5.92 Å². The average Bonchev–Trinajstić information content (AvgIpc) is 3.72. The van der Waals surface area contributed by atoms with Crippen molar-refractivity contribution >= 4 is 59.1 Å². The molecule has 1 aliphatic rings. The number of carboxylic acid groups (broad SMARTS) is 1. The van der Waals surface area contributed by atoms with E-state index in [1.165, 1.54) is 40.9 Å². The number of carbonyl (C=O) groups is 8. The smallest absolute Gasteiger partial charge is 0.326 e. The maximum atomic E-state index is 14.3. The number of hydrogen-bond acceptors (Lipinski definition) is 12. The quantitative estimate of drug-likeness (QED) is 0.0586. The minimum atomic E-state index is -1.59. The molecule has 7 atom stereocenters. The first-order valence-corrected chi connectivity index (χ1v) is 21.3. The lowest BCUT2D eigenvalue weighted by molar-refractivity contribution is -0.145. The largest absolute Gasteiger partial charge is 0.508 e. The van der Waals surface area contributed by atoms with Crippen molar-refractivity contribution in [3.63, 3.8) is 0 Å². The normalized spacial score (nSPS) is 16.6. The Kier molecular flexibility index (Phi) is 19.9. The molecular weight excluding hydrogens is 813 g/mol. The molecular formula is C41H58N8O11S. The second kappa shape index (κ2) is 24.5. The summed E-state index contributed by atoms with van der Waals surface area (Å²) in [5, 5.41) is 41.8. The maximum Gasteiger partial charge on any atom is 0.326 e. The number of nitrogens with one attached hydrogen (secondary N) is 5. The zero-order valence-corrected chi connectivity index (χ0v) is 35.3. The van der Waals surface area contributed by atoms with Crippen molar-refractivity contribution in [1.82, 2.24) is 31.5 Å². The number of thioether (sulfide) groups is 1. The summed E-state index contributed by atoms with van der Waals surface area (Å²) in [6, 6.07) is 5.26. The number of aliphatic hydroxyl groups excluding tert-OH is 1. The number of nitrogens with two attached hydrogens (primary N) is 2. The minimum Gasteiger partial charge on any atom is -0.508 e. The van der Waals surface area contributed by atoms with E-state index in [9.17, 15) is 53.7 Å². The van der Waals surface area contributed by atoms with Crippen LogP contribution in [0.2, 0.25) is 0 Å². The fraction of sp³-hybridized carbons (Fsp3) is 0.512. The van der Waals surface area contributed by atoms with E-state index >= 15 is 0 Å². The van der Waals surface area contributed by atoms with Gasteiger partial charge in [0.25, 0.3) is 0 Å². The molecule has 2 aromatic carbocycles. The molecule has 0 spiro atoms. The number of amides is 7. The van der Waals surface area contributed by atoms with Crippen molar-refractivity contribution in [2.24, 2.45) is 17.4 Å². The summed E-state index contributed by atoms with van der Waals surface area (Å²) in [7, 11) is 0. The highest BCUT2D eigenvalue weighted by molar-refractivity contribution is 7.98. The first kappa shape index (κ1) is 49.6. The Labute approximate surface area is 358 Å². The molecule has 20 heteroatoms. The van der Waals surface area contributed by atoms with Gasteiger partial charge in [0.2, 0.25) is 41.4 Å². The van der Waals surface area contributed by atoms with Crippen LogP contribution < -0.4 is 38.1 Å². The van der Waals surface area contributed by atoms with Crippen molar-refractivity contribution in [2.75, 3.05) is 25.2 Å². The van der Waals surface area contributed by atoms with E-state index in [1.54, 1.807) is 30.3 Å². The van der Waals surface area contributed by atoms with Crippen molar-refractivity contribution in [1.29, 1.82) is 0 Å². The van der Waals surface area contributed by atoms with E-state index in [0.29, 0.717) is 23.3 Å². The standard InChI is InChI=1S/C41H58N8O11S/c1-23(2)18-32(41(59)60)48-39(57)33-10-7-16-49(33)40(58)28(15-17-61-3)44-36(54)30(20-25-11-13-26(51)14-12-25)46-37(55)29(19-24-8-5-4-6-9-24)47-38(56)31(21-34(43)52)45-35(53)27(42)22-50/h4-6,8-9,11-14,23,27-33,50-51H,7,10,15-22,42H2,1-3H3,(H2,43,52)(H,44,54)(H,45,53)(H,46,55)(H,47,56)(H,48,57)(H,59,60)/t27-,28-,29-,30-,31-,32-,33-/m0/s1. The zero-order chi connectivity index (χ0) is 45.2. The Morgan fingerprint density at radius 3 is 1.84 bits per heavy atom. The zero-order valence-electron chi connectivity index (χ0n) is 34.5. The molecule has 1 heterocycles. The summed E-state index contributed by atoms with van der Waals surface area (Å²) < 4.78 is 0. The van der Waals surface area contributed by atoms with Gasteiger partial charge < -0.3 is 58.3 Å². The second-order valence-electron chi connectivity index (χ2n) is 15.3. The first-order chi connectivity index (χ1) is 28.9. The predicted molar refractivity (Wildman–Crippen MR) is 225 cm³/mol. The lowest BCUT2D eigenvalue weighted by atomic mass is 10.0.